The average molecular weight is 470 g/mol. The molecule has 0 saturated carbocycles. The molecule has 0 saturated heterocycles. The van der Waals surface area contributed by atoms with Gasteiger partial charge in [0.1, 0.15) is 0 Å². The van der Waals surface area contributed by atoms with E-state index in [1.54, 1.807) is 23.9 Å². The highest BCUT2D eigenvalue weighted by Crippen LogP contribution is 2.27. The second-order valence-corrected chi connectivity index (χ2v) is 7.42. The summed E-state index contributed by atoms with van der Waals surface area (Å²) in [5, 5.41) is 27.8. The fourth-order valence-corrected chi connectivity index (χ4v) is 3.40. The molecule has 184 valence electrons. The Bertz CT molecular complexity index is 972. The number of hydrazone groups is 1. The molecule has 0 unspecified atom stereocenters. The maximum Gasteiger partial charge on any atom is 0.360 e. The third-order valence-electron chi connectivity index (χ3n) is 5.26. The zero-order chi connectivity index (χ0) is 25.1. The van der Waals surface area contributed by atoms with E-state index >= 15 is 0 Å². The van der Waals surface area contributed by atoms with Crippen LogP contribution in [-0.4, -0.2) is 75.9 Å². The summed E-state index contributed by atoms with van der Waals surface area (Å²) in [6, 6.07) is 15.1. The van der Waals surface area contributed by atoms with E-state index in [1.807, 2.05) is 67.5 Å². The molecule has 0 fully saturated rings. The zero-order valence-electron chi connectivity index (χ0n) is 20.4. The lowest BCUT2D eigenvalue weighted by molar-refractivity contribution is -0.135. The Hall–Kier alpha value is -3.56. The molecule has 0 aromatic heterocycles. The van der Waals surface area contributed by atoms with Crippen LogP contribution in [0.5, 0.6) is 0 Å². The Labute approximate surface area is 201 Å². The highest BCUT2D eigenvalue weighted by atomic mass is 16.5. The van der Waals surface area contributed by atoms with Crippen LogP contribution in [0.1, 0.15) is 6.92 Å². The van der Waals surface area contributed by atoms with Gasteiger partial charge in [0.2, 0.25) is 0 Å². The molecule has 0 aliphatic heterocycles. The molecule has 0 spiro atoms. The number of nitrogens with one attached hydrogen (secondary N) is 1. The number of ether oxygens (including phenoxy) is 1. The van der Waals surface area contributed by atoms with Gasteiger partial charge in [-0.25, -0.2) is 4.79 Å². The van der Waals surface area contributed by atoms with Gasteiger partial charge in [0.05, 0.1) is 42.6 Å². The number of aliphatic hydroxyl groups is 2. The molecule has 2 aromatic carbocycles. The molecule has 2 aromatic rings. The van der Waals surface area contributed by atoms with Gasteiger partial charge in [-0.3, -0.25) is 5.01 Å². The fourth-order valence-electron chi connectivity index (χ4n) is 3.40. The summed E-state index contributed by atoms with van der Waals surface area (Å²) in [6.45, 7) is 6.89. The molecular formula is C25H35N5O4. The first-order chi connectivity index (χ1) is 16.4. The number of benzene rings is 2. The third-order valence-corrected chi connectivity index (χ3v) is 5.26. The smallest absolute Gasteiger partial charge is 0.360 e. The SMILES string of the molecule is C=C(/C(=N/N(C)c1ccc(N(CCO)CCO)cc1)C(=O)OCC)N(C)c1ccccc1NC. The topological polar surface area (TPSA) is 101 Å². The summed E-state index contributed by atoms with van der Waals surface area (Å²) < 4.78 is 5.26. The van der Waals surface area contributed by atoms with E-state index < -0.39 is 5.97 Å². The first-order valence-corrected chi connectivity index (χ1v) is 11.1. The summed E-state index contributed by atoms with van der Waals surface area (Å²) in [6.07, 6.45) is 0. The van der Waals surface area contributed by atoms with Crippen molar-refractivity contribution in [2.75, 3.05) is 74.2 Å². The van der Waals surface area contributed by atoms with Crippen molar-refractivity contribution in [3.05, 3.63) is 60.8 Å². The standard InChI is InChI=1S/C25H35N5O4/c1-6-34-25(33)24(19(2)28(4)23-10-8-7-9-22(23)26-3)27-29(5)20-11-13-21(14-12-20)30(15-17-31)16-18-32/h7-14,26,31-32H,2,6,15-18H2,1,3-5H3/b27-24-. The third kappa shape index (κ3) is 6.72. The van der Waals surface area contributed by atoms with Crippen molar-refractivity contribution >= 4 is 34.4 Å². The van der Waals surface area contributed by atoms with Crippen molar-refractivity contribution in [2.45, 2.75) is 6.92 Å². The normalized spacial score (nSPS) is 11.1. The van der Waals surface area contributed by atoms with Crippen LogP contribution in [0.3, 0.4) is 0 Å². The van der Waals surface area contributed by atoms with E-state index in [1.165, 1.54) is 0 Å². The molecule has 0 aliphatic rings. The van der Waals surface area contributed by atoms with Crippen LogP contribution in [0.4, 0.5) is 22.7 Å². The molecule has 34 heavy (non-hydrogen) atoms. The number of nitrogens with zero attached hydrogens (tertiary/aromatic N) is 4. The van der Waals surface area contributed by atoms with Crippen molar-refractivity contribution in [1.82, 2.24) is 0 Å². The number of anilines is 4. The molecular weight excluding hydrogens is 434 g/mol. The van der Waals surface area contributed by atoms with Gasteiger partial charge in [-0.05, 0) is 43.3 Å². The van der Waals surface area contributed by atoms with Gasteiger partial charge in [0.25, 0.3) is 0 Å². The van der Waals surface area contributed by atoms with Crippen molar-refractivity contribution in [2.24, 2.45) is 5.10 Å². The molecule has 0 radical (unpaired) electrons. The fraction of sp³-hybridized carbons (Fsp3) is 0.360. The molecule has 9 heteroatoms. The highest BCUT2D eigenvalue weighted by Gasteiger charge is 2.23. The lowest BCUT2D eigenvalue weighted by Gasteiger charge is -2.26. The summed E-state index contributed by atoms with van der Waals surface area (Å²) >= 11 is 0. The first kappa shape index (κ1) is 26.7. The quantitative estimate of drug-likeness (QED) is 0.234. The van der Waals surface area contributed by atoms with Gasteiger partial charge in [-0.1, -0.05) is 18.7 Å². The van der Waals surface area contributed by atoms with Crippen LogP contribution >= 0.6 is 0 Å². The summed E-state index contributed by atoms with van der Waals surface area (Å²) in [7, 11) is 5.39. The van der Waals surface area contributed by atoms with Crippen LogP contribution in [-0.2, 0) is 9.53 Å². The minimum atomic E-state index is -0.568. The number of para-hydroxylation sites is 2. The van der Waals surface area contributed by atoms with E-state index in [4.69, 9.17) is 4.74 Å². The molecule has 0 amide bonds. The number of hydrogen-bond donors (Lipinski definition) is 3. The van der Waals surface area contributed by atoms with Gasteiger partial charge in [-0.2, -0.15) is 5.10 Å². The van der Waals surface area contributed by atoms with Crippen molar-refractivity contribution in [1.29, 1.82) is 0 Å². The molecule has 0 heterocycles. The Morgan fingerprint density at radius 2 is 1.62 bits per heavy atom. The molecule has 0 atom stereocenters. The maximum absolute atomic E-state index is 12.8. The monoisotopic (exact) mass is 469 g/mol. The van der Waals surface area contributed by atoms with Crippen LogP contribution in [0, 0.1) is 0 Å². The van der Waals surface area contributed by atoms with E-state index in [0.717, 1.165) is 22.7 Å². The minimum Gasteiger partial charge on any atom is -0.461 e. The van der Waals surface area contributed by atoms with Crippen molar-refractivity contribution < 1.29 is 19.7 Å². The molecule has 2 rings (SSSR count). The van der Waals surface area contributed by atoms with Gasteiger partial charge in [0.15, 0.2) is 5.71 Å². The largest absolute Gasteiger partial charge is 0.461 e. The number of hydrogen-bond acceptors (Lipinski definition) is 9. The molecule has 0 bridgehead atoms. The Balaban J connectivity index is 2.34. The van der Waals surface area contributed by atoms with Gasteiger partial charge in [0, 0.05) is 39.9 Å². The van der Waals surface area contributed by atoms with Crippen LogP contribution in [0.2, 0.25) is 0 Å². The molecule has 9 nitrogen and oxygen atoms in total. The minimum absolute atomic E-state index is 0.0127. The Morgan fingerprint density at radius 1 is 1.03 bits per heavy atom. The number of carbonyl (C=O) groups excluding carboxylic acids is 1. The summed E-state index contributed by atoms with van der Waals surface area (Å²) in [5.74, 6) is -0.568. The van der Waals surface area contributed by atoms with E-state index in [9.17, 15) is 15.0 Å². The summed E-state index contributed by atoms with van der Waals surface area (Å²) in [5.41, 5.74) is 3.80. The van der Waals surface area contributed by atoms with Gasteiger partial charge < -0.3 is 30.1 Å². The van der Waals surface area contributed by atoms with E-state index in [2.05, 4.69) is 17.0 Å². The Kier molecular flexibility index (Phi) is 10.4. The van der Waals surface area contributed by atoms with Gasteiger partial charge in [-0.15, -0.1) is 0 Å². The number of aliphatic hydroxyl groups excluding tert-OH is 2. The number of esters is 1. The second kappa shape index (κ2) is 13.2. The first-order valence-electron chi connectivity index (χ1n) is 11.1. The second-order valence-electron chi connectivity index (χ2n) is 7.42. The van der Waals surface area contributed by atoms with Crippen molar-refractivity contribution in [3.63, 3.8) is 0 Å². The van der Waals surface area contributed by atoms with Crippen LogP contribution in [0.15, 0.2) is 65.9 Å². The lowest BCUT2D eigenvalue weighted by Crippen LogP contribution is -2.32. The molecule has 3 N–H and O–H groups in total. The van der Waals surface area contributed by atoms with E-state index in [-0.39, 0.29) is 25.5 Å². The predicted octanol–water partition coefficient (Wildman–Crippen LogP) is 2.52. The van der Waals surface area contributed by atoms with Crippen LogP contribution in [0.25, 0.3) is 0 Å². The Morgan fingerprint density at radius 3 is 2.18 bits per heavy atom. The zero-order valence-corrected chi connectivity index (χ0v) is 20.4. The number of carbonyl (C=O) groups is 1. The van der Waals surface area contributed by atoms with E-state index in [0.29, 0.717) is 18.8 Å². The highest BCUT2D eigenvalue weighted by molar-refractivity contribution is 6.44. The van der Waals surface area contributed by atoms with Crippen molar-refractivity contribution in [3.8, 4) is 0 Å². The van der Waals surface area contributed by atoms with Crippen LogP contribution < -0.4 is 20.1 Å². The van der Waals surface area contributed by atoms with Gasteiger partial charge >= 0.3 is 5.97 Å². The maximum atomic E-state index is 12.8. The number of rotatable bonds is 13. The lowest BCUT2D eigenvalue weighted by atomic mass is 10.2. The summed E-state index contributed by atoms with van der Waals surface area (Å²) in [4.78, 5) is 16.5. The predicted molar refractivity (Wildman–Crippen MR) is 139 cm³/mol. The molecule has 0 aliphatic carbocycles. The average Bonchev–Trinajstić information content (AvgIpc) is 2.86.